The summed E-state index contributed by atoms with van der Waals surface area (Å²) in [6.45, 7) is 7.91. The van der Waals surface area contributed by atoms with E-state index in [1.165, 1.54) is 6.07 Å². The van der Waals surface area contributed by atoms with E-state index in [9.17, 15) is 14.7 Å². The largest absolute Gasteiger partial charge is 0.478 e. The van der Waals surface area contributed by atoms with Gasteiger partial charge in [-0.15, -0.1) is 0 Å². The van der Waals surface area contributed by atoms with Crippen molar-refractivity contribution in [3.63, 3.8) is 0 Å². The van der Waals surface area contributed by atoms with E-state index in [2.05, 4.69) is 0 Å². The summed E-state index contributed by atoms with van der Waals surface area (Å²) in [7, 11) is 0. The number of nitrogens with zero attached hydrogens (tertiary/aromatic N) is 1. The molecule has 106 valence electrons. The first-order valence-corrected chi connectivity index (χ1v) is 6.75. The van der Waals surface area contributed by atoms with Crippen molar-refractivity contribution < 1.29 is 9.90 Å². The van der Waals surface area contributed by atoms with Crippen LogP contribution in [0, 0.1) is 0 Å². The lowest BCUT2D eigenvalue weighted by Gasteiger charge is -2.19. The molecule has 0 fully saturated rings. The fourth-order valence-corrected chi connectivity index (χ4v) is 2.51. The van der Waals surface area contributed by atoms with Gasteiger partial charge >= 0.3 is 5.97 Å². The van der Waals surface area contributed by atoms with Gasteiger partial charge in [0.25, 0.3) is 5.56 Å². The van der Waals surface area contributed by atoms with E-state index in [-0.39, 0.29) is 23.1 Å². The van der Waals surface area contributed by atoms with Crippen LogP contribution in [0.2, 0.25) is 0 Å². The maximum Gasteiger partial charge on any atom is 0.335 e. The van der Waals surface area contributed by atoms with E-state index in [1.807, 2.05) is 27.7 Å². The smallest absolute Gasteiger partial charge is 0.335 e. The molecule has 0 unspecified atom stereocenters. The van der Waals surface area contributed by atoms with E-state index in [0.29, 0.717) is 0 Å². The SMILES string of the molecule is CC(C)c1cc(C(=O)O)cc2ccc(=O)n(C(C)C)c12. The molecule has 0 aliphatic carbocycles. The van der Waals surface area contributed by atoms with Crippen LogP contribution in [0.15, 0.2) is 29.1 Å². The standard InChI is InChI=1S/C16H19NO3/c1-9(2)13-8-12(16(19)20)7-11-5-6-14(18)17(10(3)4)15(11)13/h5-10H,1-4H3,(H,19,20). The molecule has 0 saturated heterocycles. The average Bonchev–Trinajstić information content (AvgIpc) is 2.36. The number of hydrogen-bond donors (Lipinski definition) is 1. The minimum absolute atomic E-state index is 0.0272. The van der Waals surface area contributed by atoms with Gasteiger partial charge in [-0.2, -0.15) is 0 Å². The number of carboxylic acid groups (broad SMARTS) is 1. The van der Waals surface area contributed by atoms with Crippen LogP contribution in [0.1, 0.15) is 55.6 Å². The van der Waals surface area contributed by atoms with Crippen LogP contribution in [0.3, 0.4) is 0 Å². The molecular formula is C16H19NO3. The number of carboxylic acids is 1. The third-order valence-corrected chi connectivity index (χ3v) is 3.44. The number of hydrogen-bond acceptors (Lipinski definition) is 2. The zero-order valence-corrected chi connectivity index (χ0v) is 12.2. The quantitative estimate of drug-likeness (QED) is 0.932. The van der Waals surface area contributed by atoms with Crippen LogP contribution in [0.5, 0.6) is 0 Å². The maximum atomic E-state index is 12.1. The Hall–Kier alpha value is -2.10. The highest BCUT2D eigenvalue weighted by molar-refractivity contribution is 5.95. The predicted octanol–water partition coefficient (Wildman–Crippen LogP) is 3.40. The average molecular weight is 273 g/mol. The molecule has 4 nitrogen and oxygen atoms in total. The normalized spacial score (nSPS) is 11.5. The molecule has 0 atom stereocenters. The summed E-state index contributed by atoms with van der Waals surface area (Å²) in [5.41, 5.74) is 1.94. The van der Waals surface area contributed by atoms with Crippen molar-refractivity contribution in [1.82, 2.24) is 4.57 Å². The summed E-state index contributed by atoms with van der Waals surface area (Å²) >= 11 is 0. The van der Waals surface area contributed by atoms with Crippen molar-refractivity contribution in [1.29, 1.82) is 0 Å². The molecule has 0 saturated carbocycles. The number of fused-ring (bicyclic) bond motifs is 1. The number of pyridine rings is 1. The number of benzene rings is 1. The molecule has 0 aliphatic rings. The zero-order chi connectivity index (χ0) is 15.0. The Morgan fingerprint density at radius 1 is 1.15 bits per heavy atom. The zero-order valence-electron chi connectivity index (χ0n) is 12.2. The summed E-state index contributed by atoms with van der Waals surface area (Å²) in [5, 5.41) is 10.0. The summed E-state index contributed by atoms with van der Waals surface area (Å²) in [6, 6.07) is 6.53. The molecule has 20 heavy (non-hydrogen) atoms. The van der Waals surface area contributed by atoms with Gasteiger partial charge in [-0.3, -0.25) is 4.79 Å². The highest BCUT2D eigenvalue weighted by atomic mass is 16.4. The summed E-state index contributed by atoms with van der Waals surface area (Å²) in [5.74, 6) is -0.806. The second-order valence-electron chi connectivity index (χ2n) is 5.60. The second kappa shape index (κ2) is 5.12. The topological polar surface area (TPSA) is 59.3 Å². The van der Waals surface area contributed by atoms with Gasteiger partial charge in [0, 0.05) is 12.1 Å². The number of carbonyl (C=O) groups is 1. The van der Waals surface area contributed by atoms with E-state index in [4.69, 9.17) is 0 Å². The highest BCUT2D eigenvalue weighted by Gasteiger charge is 2.16. The third kappa shape index (κ3) is 2.33. The first-order valence-electron chi connectivity index (χ1n) is 6.75. The van der Waals surface area contributed by atoms with Gasteiger partial charge in [0.2, 0.25) is 0 Å². The van der Waals surface area contributed by atoms with Crippen LogP contribution >= 0.6 is 0 Å². The van der Waals surface area contributed by atoms with Crippen molar-refractivity contribution >= 4 is 16.9 Å². The van der Waals surface area contributed by atoms with Gasteiger partial charge in [-0.25, -0.2) is 4.79 Å². The Balaban J connectivity index is 2.98. The fourth-order valence-electron chi connectivity index (χ4n) is 2.51. The molecule has 1 N–H and O–H groups in total. The molecule has 0 aliphatic heterocycles. The monoisotopic (exact) mass is 273 g/mol. The van der Waals surface area contributed by atoms with Crippen molar-refractivity contribution in [2.75, 3.05) is 0 Å². The van der Waals surface area contributed by atoms with Gasteiger partial charge in [-0.1, -0.05) is 13.8 Å². The Bertz CT molecular complexity index is 726. The Kier molecular flexibility index (Phi) is 3.66. The molecule has 2 aromatic rings. The number of aromatic carboxylic acids is 1. The number of rotatable bonds is 3. The molecule has 1 heterocycles. The van der Waals surface area contributed by atoms with Gasteiger partial charge in [0.1, 0.15) is 0 Å². The lowest BCUT2D eigenvalue weighted by atomic mass is 9.96. The Morgan fingerprint density at radius 3 is 2.30 bits per heavy atom. The van der Waals surface area contributed by atoms with Crippen molar-refractivity contribution in [2.45, 2.75) is 39.7 Å². The van der Waals surface area contributed by atoms with Crippen molar-refractivity contribution in [3.05, 3.63) is 45.7 Å². The predicted molar refractivity (Wildman–Crippen MR) is 79.6 cm³/mol. The van der Waals surface area contributed by atoms with E-state index >= 15 is 0 Å². The minimum Gasteiger partial charge on any atom is -0.478 e. The van der Waals surface area contributed by atoms with Crippen LogP contribution in [-0.2, 0) is 0 Å². The van der Waals surface area contributed by atoms with Crippen molar-refractivity contribution in [2.24, 2.45) is 0 Å². The van der Waals surface area contributed by atoms with Crippen LogP contribution in [0.4, 0.5) is 0 Å². The second-order valence-corrected chi connectivity index (χ2v) is 5.60. The van der Waals surface area contributed by atoms with Gasteiger partial charge in [0.15, 0.2) is 0 Å². The summed E-state index contributed by atoms with van der Waals surface area (Å²) in [6.07, 6.45) is 0. The van der Waals surface area contributed by atoms with Crippen LogP contribution in [0.25, 0.3) is 10.9 Å². The van der Waals surface area contributed by atoms with Gasteiger partial charge in [-0.05, 0) is 48.9 Å². The molecule has 0 spiro atoms. The molecule has 0 radical (unpaired) electrons. The molecular weight excluding hydrogens is 254 g/mol. The maximum absolute atomic E-state index is 12.1. The summed E-state index contributed by atoms with van der Waals surface area (Å²) < 4.78 is 1.73. The molecule has 2 rings (SSSR count). The first kappa shape index (κ1) is 14.3. The third-order valence-electron chi connectivity index (χ3n) is 3.44. The lowest BCUT2D eigenvalue weighted by Crippen LogP contribution is -2.22. The fraction of sp³-hybridized carbons (Fsp3) is 0.375. The summed E-state index contributed by atoms with van der Waals surface area (Å²) in [4.78, 5) is 23.4. The molecule has 0 amide bonds. The van der Waals surface area contributed by atoms with E-state index in [1.54, 1.807) is 22.8 Å². The lowest BCUT2D eigenvalue weighted by molar-refractivity contribution is 0.0697. The van der Waals surface area contributed by atoms with Crippen molar-refractivity contribution in [3.8, 4) is 0 Å². The van der Waals surface area contributed by atoms with Crippen LogP contribution < -0.4 is 5.56 Å². The van der Waals surface area contributed by atoms with Crippen LogP contribution in [-0.4, -0.2) is 15.6 Å². The number of aromatic nitrogens is 1. The Morgan fingerprint density at radius 2 is 1.80 bits per heavy atom. The first-order chi connectivity index (χ1) is 9.32. The van der Waals surface area contributed by atoms with Gasteiger partial charge < -0.3 is 9.67 Å². The van der Waals surface area contributed by atoms with Gasteiger partial charge in [0.05, 0.1) is 11.1 Å². The minimum atomic E-state index is -0.948. The molecule has 1 aromatic carbocycles. The molecule has 0 bridgehead atoms. The molecule has 4 heteroatoms. The molecule has 1 aromatic heterocycles. The van der Waals surface area contributed by atoms with E-state index < -0.39 is 5.97 Å². The van der Waals surface area contributed by atoms with E-state index in [0.717, 1.165) is 16.5 Å². The highest BCUT2D eigenvalue weighted by Crippen LogP contribution is 2.28. The Labute approximate surface area is 117 Å².